The number of carbonyl (C=O) groups is 1. The number of phenols is 1. The van der Waals surface area contributed by atoms with Crippen molar-refractivity contribution in [3.63, 3.8) is 0 Å². The van der Waals surface area contributed by atoms with Crippen LogP contribution in [0.2, 0.25) is 0 Å². The van der Waals surface area contributed by atoms with Crippen molar-refractivity contribution in [3.8, 4) is 5.75 Å². The predicted molar refractivity (Wildman–Crippen MR) is 120 cm³/mol. The average molecular weight is 451 g/mol. The van der Waals surface area contributed by atoms with Crippen molar-refractivity contribution < 1.29 is 28.5 Å². The zero-order valence-corrected chi connectivity index (χ0v) is 18.3. The van der Waals surface area contributed by atoms with Crippen molar-refractivity contribution in [1.82, 2.24) is 5.32 Å². The van der Waals surface area contributed by atoms with Crippen molar-refractivity contribution in [2.24, 2.45) is 0 Å². The lowest BCUT2D eigenvalue weighted by atomic mass is 9.99. The number of hydrogen-bond acceptors (Lipinski definition) is 6. The van der Waals surface area contributed by atoms with Crippen LogP contribution in [0.15, 0.2) is 48.5 Å². The lowest BCUT2D eigenvalue weighted by Gasteiger charge is -2.22. The second-order valence-corrected chi connectivity index (χ2v) is 9.35. The Bertz CT molecular complexity index is 950. The number of hydrogen-bond donors (Lipinski definition) is 5. The van der Waals surface area contributed by atoms with E-state index in [0.29, 0.717) is 12.0 Å². The molecule has 2 aromatic carbocycles. The van der Waals surface area contributed by atoms with Crippen LogP contribution in [0.25, 0.3) is 0 Å². The molecule has 0 saturated carbocycles. The zero-order valence-electron chi connectivity index (χ0n) is 17.5. The number of aliphatic hydroxyl groups is 1. The van der Waals surface area contributed by atoms with E-state index in [9.17, 15) is 23.4 Å². The van der Waals surface area contributed by atoms with Crippen molar-refractivity contribution >= 4 is 21.7 Å². The molecule has 0 heterocycles. The van der Waals surface area contributed by atoms with E-state index >= 15 is 0 Å². The van der Waals surface area contributed by atoms with E-state index in [-0.39, 0.29) is 30.4 Å². The van der Waals surface area contributed by atoms with E-state index in [1.165, 1.54) is 18.2 Å². The maximum absolute atomic E-state index is 11.5. The third kappa shape index (κ3) is 9.37. The molecule has 0 fully saturated rings. The Morgan fingerprint density at radius 2 is 1.81 bits per heavy atom. The van der Waals surface area contributed by atoms with Crippen LogP contribution in [0, 0.1) is 0 Å². The normalized spacial score (nSPS) is 13.5. The first-order valence-corrected chi connectivity index (χ1v) is 12.0. The third-order valence-corrected chi connectivity index (χ3v) is 5.41. The number of anilines is 1. The molecule has 9 heteroatoms. The molecule has 0 saturated heterocycles. The van der Waals surface area contributed by atoms with Gasteiger partial charge in [-0.25, -0.2) is 8.42 Å². The molecule has 0 aliphatic rings. The van der Waals surface area contributed by atoms with Gasteiger partial charge in [-0.3, -0.25) is 9.52 Å². The molecule has 2 aromatic rings. The van der Waals surface area contributed by atoms with E-state index in [1.807, 2.05) is 30.3 Å². The van der Waals surface area contributed by atoms with Crippen molar-refractivity contribution in [1.29, 1.82) is 0 Å². The number of carboxylic acids is 1. The SMILES string of the molecule is CS(=O)(=O)Nc1cc(C(O)CNC(CCCCC(=O)O)Cc2ccccc2)ccc1O. The minimum Gasteiger partial charge on any atom is -0.506 e. The Labute approximate surface area is 183 Å². The fourth-order valence-electron chi connectivity index (χ4n) is 3.28. The third-order valence-electron chi connectivity index (χ3n) is 4.82. The molecule has 170 valence electrons. The Hall–Kier alpha value is -2.62. The smallest absolute Gasteiger partial charge is 0.303 e. The van der Waals surface area contributed by atoms with Crippen LogP contribution in [0.5, 0.6) is 5.75 Å². The maximum atomic E-state index is 11.5. The lowest BCUT2D eigenvalue weighted by molar-refractivity contribution is -0.137. The number of aliphatic hydroxyl groups excluding tert-OH is 1. The number of nitrogens with one attached hydrogen (secondary N) is 2. The second-order valence-electron chi connectivity index (χ2n) is 7.60. The number of unbranched alkanes of at least 4 members (excludes halogenated alkanes) is 1. The summed E-state index contributed by atoms with van der Waals surface area (Å²) in [5.41, 5.74) is 1.60. The number of carboxylic acid groups (broad SMARTS) is 1. The monoisotopic (exact) mass is 450 g/mol. The fraction of sp³-hybridized carbons (Fsp3) is 0.409. The average Bonchev–Trinajstić information content (AvgIpc) is 2.70. The highest BCUT2D eigenvalue weighted by atomic mass is 32.2. The number of phenolic OH excluding ortho intramolecular Hbond substituents is 1. The molecule has 0 aliphatic heterocycles. The summed E-state index contributed by atoms with van der Waals surface area (Å²) >= 11 is 0. The van der Waals surface area contributed by atoms with Gasteiger partial charge in [-0.1, -0.05) is 42.8 Å². The van der Waals surface area contributed by atoms with Gasteiger partial charge in [0, 0.05) is 19.0 Å². The molecule has 2 atom stereocenters. The first kappa shape index (κ1) is 24.6. The summed E-state index contributed by atoms with van der Waals surface area (Å²) in [5.74, 6) is -1.04. The van der Waals surface area contributed by atoms with Crippen LogP contribution < -0.4 is 10.0 Å². The number of rotatable bonds is 13. The quantitative estimate of drug-likeness (QED) is 0.234. The predicted octanol–water partition coefficient (Wildman–Crippen LogP) is 2.64. The lowest BCUT2D eigenvalue weighted by Crippen LogP contribution is -2.34. The second kappa shape index (κ2) is 11.7. The molecule has 0 bridgehead atoms. The van der Waals surface area contributed by atoms with Gasteiger partial charge < -0.3 is 20.6 Å². The van der Waals surface area contributed by atoms with Gasteiger partial charge in [0.1, 0.15) is 5.75 Å². The van der Waals surface area contributed by atoms with Crippen molar-refractivity contribution in [2.75, 3.05) is 17.5 Å². The van der Waals surface area contributed by atoms with Gasteiger partial charge in [-0.2, -0.15) is 0 Å². The van der Waals surface area contributed by atoms with Crippen LogP contribution in [0.4, 0.5) is 5.69 Å². The zero-order chi connectivity index (χ0) is 22.9. The largest absolute Gasteiger partial charge is 0.506 e. The molecule has 31 heavy (non-hydrogen) atoms. The highest BCUT2D eigenvalue weighted by Crippen LogP contribution is 2.27. The van der Waals surface area contributed by atoms with Gasteiger partial charge in [0.15, 0.2) is 0 Å². The van der Waals surface area contributed by atoms with Crippen molar-refractivity contribution in [3.05, 3.63) is 59.7 Å². The highest BCUT2D eigenvalue weighted by molar-refractivity contribution is 7.92. The van der Waals surface area contributed by atoms with E-state index < -0.39 is 22.1 Å². The molecule has 0 amide bonds. The topological polar surface area (TPSA) is 136 Å². The van der Waals surface area contributed by atoms with Crippen LogP contribution in [-0.2, 0) is 21.2 Å². The molecular formula is C22H30N2O6S. The molecule has 2 rings (SSSR count). The number of aliphatic carboxylic acids is 1. The number of sulfonamides is 1. The standard InChI is InChI=1S/C22H30N2O6S/c1-31(29,30)24-19-14-17(11-12-20(19)25)21(26)15-23-18(9-5-6-10-22(27)28)13-16-7-3-2-4-8-16/h2-4,7-8,11-12,14,18,21,23-26H,5-6,9-10,13,15H2,1H3,(H,27,28). The van der Waals surface area contributed by atoms with Gasteiger partial charge in [0.2, 0.25) is 10.0 Å². The molecule has 8 nitrogen and oxygen atoms in total. The first-order chi connectivity index (χ1) is 14.6. The Morgan fingerprint density at radius 3 is 2.45 bits per heavy atom. The highest BCUT2D eigenvalue weighted by Gasteiger charge is 2.16. The Balaban J connectivity index is 2.01. The number of aromatic hydroxyl groups is 1. The summed E-state index contributed by atoms with van der Waals surface area (Å²) in [4.78, 5) is 10.7. The summed E-state index contributed by atoms with van der Waals surface area (Å²) in [6.45, 7) is 0.222. The number of benzene rings is 2. The van der Waals surface area contributed by atoms with Gasteiger partial charge in [0.05, 0.1) is 18.0 Å². The van der Waals surface area contributed by atoms with Crippen molar-refractivity contribution in [2.45, 2.75) is 44.2 Å². The maximum Gasteiger partial charge on any atom is 0.303 e. The van der Waals surface area contributed by atoms with E-state index in [4.69, 9.17) is 5.11 Å². The van der Waals surface area contributed by atoms with Gasteiger partial charge in [0.25, 0.3) is 0 Å². The molecular weight excluding hydrogens is 420 g/mol. The summed E-state index contributed by atoms with van der Waals surface area (Å²) in [5, 5.41) is 32.6. The minimum absolute atomic E-state index is 0.00792. The first-order valence-electron chi connectivity index (χ1n) is 10.1. The van der Waals surface area contributed by atoms with Gasteiger partial charge in [-0.15, -0.1) is 0 Å². The van der Waals surface area contributed by atoms with Gasteiger partial charge in [-0.05, 0) is 42.5 Å². The minimum atomic E-state index is -3.57. The van der Waals surface area contributed by atoms with E-state index in [1.54, 1.807) is 0 Å². The van der Waals surface area contributed by atoms with E-state index in [2.05, 4.69) is 10.0 Å². The summed E-state index contributed by atoms with van der Waals surface area (Å²) in [6.07, 6.45) is 3.01. The van der Waals surface area contributed by atoms with Crippen LogP contribution >= 0.6 is 0 Å². The van der Waals surface area contributed by atoms with Crippen LogP contribution in [-0.4, -0.2) is 48.5 Å². The molecule has 0 spiro atoms. The van der Waals surface area contributed by atoms with E-state index in [0.717, 1.165) is 31.1 Å². The molecule has 0 aromatic heterocycles. The molecule has 2 unspecified atom stereocenters. The van der Waals surface area contributed by atoms with Crippen LogP contribution in [0.3, 0.4) is 0 Å². The Kier molecular flexibility index (Phi) is 9.29. The summed E-state index contributed by atoms with van der Waals surface area (Å²) in [6, 6.07) is 14.2. The molecule has 5 N–H and O–H groups in total. The Morgan fingerprint density at radius 1 is 1.10 bits per heavy atom. The van der Waals surface area contributed by atoms with Gasteiger partial charge >= 0.3 is 5.97 Å². The molecule has 0 aliphatic carbocycles. The fourth-order valence-corrected chi connectivity index (χ4v) is 3.84. The summed E-state index contributed by atoms with van der Waals surface area (Å²) in [7, 11) is -3.57. The molecule has 0 radical (unpaired) electrons. The van der Waals surface area contributed by atoms with Crippen LogP contribution in [0.1, 0.15) is 42.9 Å². The summed E-state index contributed by atoms with van der Waals surface area (Å²) < 4.78 is 25.1.